The van der Waals surface area contributed by atoms with Crippen LogP contribution >= 0.6 is 0 Å². The lowest BCUT2D eigenvalue weighted by molar-refractivity contribution is -0.00577. The van der Waals surface area contributed by atoms with Crippen LogP contribution in [0, 0.1) is 12.8 Å². The summed E-state index contributed by atoms with van der Waals surface area (Å²) >= 11 is 0. The van der Waals surface area contributed by atoms with Crippen LogP contribution < -0.4 is 4.74 Å². The first-order valence-electron chi connectivity index (χ1n) is 7.95. The molecule has 2 atom stereocenters. The SMILES string of the molecule is CCC1CCCCC1OCC(=O)c1ccc(C)cc1OC. The van der Waals surface area contributed by atoms with Crippen molar-refractivity contribution in [2.45, 2.75) is 52.1 Å². The molecule has 0 aliphatic heterocycles. The Hall–Kier alpha value is -1.35. The highest BCUT2D eigenvalue weighted by Gasteiger charge is 2.25. The summed E-state index contributed by atoms with van der Waals surface area (Å²) in [6.45, 7) is 4.35. The fourth-order valence-electron chi connectivity index (χ4n) is 3.15. The van der Waals surface area contributed by atoms with E-state index in [9.17, 15) is 4.79 Å². The Balaban J connectivity index is 1.98. The van der Waals surface area contributed by atoms with Gasteiger partial charge in [0.15, 0.2) is 5.78 Å². The molecule has 21 heavy (non-hydrogen) atoms. The maximum Gasteiger partial charge on any atom is 0.192 e. The summed E-state index contributed by atoms with van der Waals surface area (Å²) in [7, 11) is 1.60. The van der Waals surface area contributed by atoms with E-state index in [-0.39, 0.29) is 18.5 Å². The summed E-state index contributed by atoms with van der Waals surface area (Å²) in [5.74, 6) is 1.25. The van der Waals surface area contributed by atoms with Crippen LogP contribution in [0.4, 0.5) is 0 Å². The Bertz CT molecular complexity index is 481. The van der Waals surface area contributed by atoms with Crippen molar-refractivity contribution in [2.24, 2.45) is 5.92 Å². The maximum atomic E-state index is 12.4. The summed E-state index contributed by atoms with van der Waals surface area (Å²) < 4.78 is 11.2. The molecule has 0 saturated heterocycles. The molecule has 0 aromatic heterocycles. The topological polar surface area (TPSA) is 35.5 Å². The van der Waals surface area contributed by atoms with E-state index >= 15 is 0 Å². The third-order valence-electron chi connectivity index (χ3n) is 4.45. The second-order valence-electron chi connectivity index (χ2n) is 5.93. The van der Waals surface area contributed by atoms with Crippen molar-refractivity contribution in [3.63, 3.8) is 0 Å². The number of aryl methyl sites for hydroxylation is 1. The fraction of sp³-hybridized carbons (Fsp3) is 0.611. The van der Waals surface area contributed by atoms with E-state index in [2.05, 4.69) is 6.92 Å². The molecule has 0 spiro atoms. The molecular weight excluding hydrogens is 264 g/mol. The van der Waals surface area contributed by atoms with Gasteiger partial charge in [0.05, 0.1) is 18.8 Å². The number of ether oxygens (including phenoxy) is 2. The van der Waals surface area contributed by atoms with E-state index in [1.165, 1.54) is 19.3 Å². The number of carbonyl (C=O) groups excluding carboxylic acids is 1. The van der Waals surface area contributed by atoms with Crippen LogP contribution in [-0.2, 0) is 4.74 Å². The minimum Gasteiger partial charge on any atom is -0.496 e. The van der Waals surface area contributed by atoms with E-state index in [4.69, 9.17) is 9.47 Å². The van der Waals surface area contributed by atoms with Crippen LogP contribution in [0.25, 0.3) is 0 Å². The number of hydrogen-bond donors (Lipinski definition) is 0. The molecule has 3 heteroatoms. The lowest BCUT2D eigenvalue weighted by Gasteiger charge is -2.30. The molecule has 0 N–H and O–H groups in total. The van der Waals surface area contributed by atoms with Crippen LogP contribution in [0.3, 0.4) is 0 Å². The van der Waals surface area contributed by atoms with Crippen molar-refractivity contribution >= 4 is 5.78 Å². The molecule has 1 fully saturated rings. The first-order chi connectivity index (χ1) is 10.2. The van der Waals surface area contributed by atoms with E-state index < -0.39 is 0 Å². The van der Waals surface area contributed by atoms with Crippen molar-refractivity contribution in [3.05, 3.63) is 29.3 Å². The number of methoxy groups -OCH3 is 1. The van der Waals surface area contributed by atoms with Gasteiger partial charge in [-0.2, -0.15) is 0 Å². The Labute approximate surface area is 127 Å². The quantitative estimate of drug-likeness (QED) is 0.738. The molecule has 2 rings (SSSR count). The Morgan fingerprint density at radius 2 is 2.05 bits per heavy atom. The molecule has 0 amide bonds. The number of rotatable bonds is 6. The lowest BCUT2D eigenvalue weighted by atomic mass is 9.85. The van der Waals surface area contributed by atoms with E-state index in [1.54, 1.807) is 7.11 Å². The molecule has 1 aliphatic rings. The highest BCUT2D eigenvalue weighted by Crippen LogP contribution is 2.29. The fourth-order valence-corrected chi connectivity index (χ4v) is 3.15. The van der Waals surface area contributed by atoms with Gasteiger partial charge in [-0.3, -0.25) is 4.79 Å². The molecule has 2 unspecified atom stereocenters. The summed E-state index contributed by atoms with van der Waals surface area (Å²) in [6, 6.07) is 5.66. The number of hydrogen-bond acceptors (Lipinski definition) is 3. The van der Waals surface area contributed by atoms with E-state index in [0.717, 1.165) is 18.4 Å². The van der Waals surface area contributed by atoms with Crippen molar-refractivity contribution in [2.75, 3.05) is 13.7 Å². The molecule has 1 aliphatic carbocycles. The maximum absolute atomic E-state index is 12.4. The second-order valence-corrected chi connectivity index (χ2v) is 5.93. The van der Waals surface area contributed by atoms with Gasteiger partial charge in [0.2, 0.25) is 0 Å². The van der Waals surface area contributed by atoms with Gasteiger partial charge in [-0.15, -0.1) is 0 Å². The Kier molecular flexibility index (Phi) is 5.80. The molecule has 1 aromatic carbocycles. The van der Waals surface area contributed by atoms with Gasteiger partial charge >= 0.3 is 0 Å². The summed E-state index contributed by atoms with van der Waals surface area (Å²) in [5, 5.41) is 0. The van der Waals surface area contributed by atoms with Gasteiger partial charge in [0, 0.05) is 0 Å². The Morgan fingerprint density at radius 1 is 1.29 bits per heavy atom. The first kappa shape index (κ1) is 16.0. The number of ketones is 1. The number of benzene rings is 1. The van der Waals surface area contributed by atoms with Crippen molar-refractivity contribution in [3.8, 4) is 5.75 Å². The van der Waals surface area contributed by atoms with Crippen molar-refractivity contribution < 1.29 is 14.3 Å². The molecule has 0 radical (unpaired) electrons. The summed E-state index contributed by atoms with van der Waals surface area (Å²) in [6.07, 6.45) is 6.18. The van der Waals surface area contributed by atoms with Gasteiger partial charge in [0.1, 0.15) is 12.4 Å². The van der Waals surface area contributed by atoms with E-state index in [1.807, 2.05) is 25.1 Å². The lowest BCUT2D eigenvalue weighted by Crippen LogP contribution is -2.29. The average Bonchev–Trinajstić information content (AvgIpc) is 2.52. The van der Waals surface area contributed by atoms with Gasteiger partial charge in [0.25, 0.3) is 0 Å². The predicted octanol–water partition coefficient (Wildman–Crippen LogP) is 4.17. The standard InChI is InChI=1S/C18H26O3/c1-4-14-7-5-6-8-17(14)21-12-16(19)15-10-9-13(2)11-18(15)20-3/h9-11,14,17H,4-8,12H2,1-3H3. The van der Waals surface area contributed by atoms with Crippen LogP contribution in [-0.4, -0.2) is 25.6 Å². The summed E-state index contributed by atoms with van der Waals surface area (Å²) in [5.41, 5.74) is 1.70. The number of Topliss-reactive ketones (excluding diaryl/α,β-unsaturated/α-hetero) is 1. The van der Waals surface area contributed by atoms with Crippen molar-refractivity contribution in [1.29, 1.82) is 0 Å². The van der Waals surface area contributed by atoms with Gasteiger partial charge < -0.3 is 9.47 Å². The van der Waals surface area contributed by atoms with Gasteiger partial charge in [-0.1, -0.05) is 32.3 Å². The zero-order valence-electron chi connectivity index (χ0n) is 13.4. The zero-order valence-corrected chi connectivity index (χ0v) is 13.4. The van der Waals surface area contributed by atoms with Crippen LogP contribution in [0.2, 0.25) is 0 Å². The molecule has 116 valence electrons. The van der Waals surface area contributed by atoms with Crippen LogP contribution in [0.15, 0.2) is 18.2 Å². The highest BCUT2D eigenvalue weighted by molar-refractivity contribution is 5.99. The molecule has 1 saturated carbocycles. The smallest absolute Gasteiger partial charge is 0.192 e. The summed E-state index contributed by atoms with van der Waals surface area (Å²) in [4.78, 5) is 12.4. The average molecular weight is 290 g/mol. The predicted molar refractivity (Wildman–Crippen MR) is 84.1 cm³/mol. The molecule has 1 aromatic rings. The zero-order chi connectivity index (χ0) is 15.2. The van der Waals surface area contributed by atoms with Crippen LogP contribution in [0.5, 0.6) is 5.75 Å². The third kappa shape index (κ3) is 4.07. The third-order valence-corrected chi connectivity index (χ3v) is 4.45. The highest BCUT2D eigenvalue weighted by atomic mass is 16.5. The molecule has 3 nitrogen and oxygen atoms in total. The van der Waals surface area contributed by atoms with Crippen LogP contribution in [0.1, 0.15) is 54.9 Å². The molecular formula is C18H26O3. The minimum absolute atomic E-state index is 0.00674. The van der Waals surface area contributed by atoms with E-state index in [0.29, 0.717) is 17.2 Å². The Morgan fingerprint density at radius 3 is 2.76 bits per heavy atom. The van der Waals surface area contributed by atoms with Crippen molar-refractivity contribution in [1.82, 2.24) is 0 Å². The van der Waals surface area contributed by atoms with Gasteiger partial charge in [-0.05, 0) is 43.4 Å². The normalized spacial score (nSPS) is 22.0. The number of carbonyl (C=O) groups is 1. The monoisotopic (exact) mass is 290 g/mol. The largest absolute Gasteiger partial charge is 0.496 e. The first-order valence-corrected chi connectivity index (χ1v) is 7.95. The molecule has 0 bridgehead atoms. The van der Waals surface area contributed by atoms with Gasteiger partial charge in [-0.25, -0.2) is 0 Å². The second kappa shape index (κ2) is 7.60. The molecule has 0 heterocycles. The minimum atomic E-state index is 0.00674.